The van der Waals surface area contributed by atoms with Crippen molar-refractivity contribution >= 4 is 23.3 Å². The van der Waals surface area contributed by atoms with E-state index in [4.69, 9.17) is 16.0 Å². The maximum atomic E-state index is 11.8. The third kappa shape index (κ3) is 2.81. The van der Waals surface area contributed by atoms with Crippen molar-refractivity contribution in [2.45, 2.75) is 6.54 Å². The lowest BCUT2D eigenvalue weighted by atomic mass is 10.2. The molecule has 2 heterocycles. The fourth-order valence-corrected chi connectivity index (χ4v) is 1.69. The molecule has 6 heteroatoms. The van der Waals surface area contributed by atoms with Crippen LogP contribution in [0.4, 0.5) is 5.82 Å². The van der Waals surface area contributed by atoms with E-state index in [0.29, 0.717) is 28.7 Å². The Hall–Kier alpha value is -2.01. The zero-order chi connectivity index (χ0) is 13.0. The summed E-state index contributed by atoms with van der Waals surface area (Å²) in [6.45, 7) is 0.331. The molecule has 2 aromatic heterocycles. The molecule has 2 N–H and O–H groups in total. The molecule has 94 valence electrons. The van der Waals surface area contributed by atoms with E-state index < -0.39 is 0 Å². The first-order valence-electron chi connectivity index (χ1n) is 5.34. The molecule has 5 nitrogen and oxygen atoms in total. The van der Waals surface area contributed by atoms with Crippen LogP contribution in [0.5, 0.6) is 0 Å². The van der Waals surface area contributed by atoms with Crippen LogP contribution < -0.4 is 10.6 Å². The molecular formula is C12H12ClN3O2. The average molecular weight is 266 g/mol. The Kier molecular flexibility index (Phi) is 3.84. The fraction of sp³-hybridized carbons (Fsp3) is 0.167. The molecule has 0 aromatic carbocycles. The van der Waals surface area contributed by atoms with Gasteiger partial charge in [-0.3, -0.25) is 4.79 Å². The number of carbonyl (C=O) groups is 1. The smallest absolute Gasteiger partial charge is 0.253 e. The lowest BCUT2D eigenvalue weighted by Crippen LogP contribution is -2.22. The summed E-state index contributed by atoms with van der Waals surface area (Å²) in [5.74, 6) is 0.983. The largest absolute Gasteiger partial charge is 0.467 e. The molecule has 18 heavy (non-hydrogen) atoms. The first-order chi connectivity index (χ1) is 8.70. The number of nitrogens with one attached hydrogen (secondary N) is 2. The molecule has 0 atom stereocenters. The summed E-state index contributed by atoms with van der Waals surface area (Å²) < 4.78 is 5.11. The van der Waals surface area contributed by atoms with Crippen LogP contribution in [0, 0.1) is 0 Å². The minimum Gasteiger partial charge on any atom is -0.467 e. The van der Waals surface area contributed by atoms with Gasteiger partial charge in [0, 0.05) is 13.2 Å². The Morgan fingerprint density at radius 1 is 1.56 bits per heavy atom. The van der Waals surface area contributed by atoms with Crippen molar-refractivity contribution in [1.82, 2.24) is 10.3 Å². The summed E-state index contributed by atoms with van der Waals surface area (Å²) in [4.78, 5) is 15.9. The predicted molar refractivity (Wildman–Crippen MR) is 68.7 cm³/mol. The van der Waals surface area contributed by atoms with Gasteiger partial charge in [0.25, 0.3) is 5.91 Å². The molecule has 0 radical (unpaired) electrons. The molecule has 0 unspecified atom stereocenters. The van der Waals surface area contributed by atoms with Crippen LogP contribution in [-0.4, -0.2) is 17.9 Å². The van der Waals surface area contributed by atoms with Crippen molar-refractivity contribution < 1.29 is 9.21 Å². The van der Waals surface area contributed by atoms with E-state index in [1.54, 1.807) is 31.5 Å². The topological polar surface area (TPSA) is 67.2 Å². The molecule has 0 spiro atoms. The molecule has 0 aliphatic rings. The summed E-state index contributed by atoms with van der Waals surface area (Å²) in [7, 11) is 1.71. The van der Waals surface area contributed by atoms with E-state index in [1.807, 2.05) is 0 Å². The quantitative estimate of drug-likeness (QED) is 0.890. The number of furan rings is 1. The highest BCUT2D eigenvalue weighted by atomic mass is 35.5. The number of hydrogen-bond donors (Lipinski definition) is 2. The van der Waals surface area contributed by atoms with Gasteiger partial charge < -0.3 is 15.1 Å². The second-order valence-corrected chi connectivity index (χ2v) is 3.97. The second-order valence-electron chi connectivity index (χ2n) is 3.57. The Labute approximate surface area is 109 Å². The van der Waals surface area contributed by atoms with Crippen molar-refractivity contribution in [2.24, 2.45) is 0 Å². The standard InChI is InChI=1S/C12H12ClN3O2/c1-14-11-10(13)5-8(6-15-11)12(17)16-7-9-3-2-4-18-9/h2-6H,7H2,1H3,(H,14,15)(H,16,17). The minimum absolute atomic E-state index is 0.247. The Morgan fingerprint density at radius 3 is 3.00 bits per heavy atom. The zero-order valence-corrected chi connectivity index (χ0v) is 10.5. The Bertz CT molecular complexity index is 540. The van der Waals surface area contributed by atoms with Crippen molar-refractivity contribution in [2.75, 3.05) is 12.4 Å². The van der Waals surface area contributed by atoms with Crippen molar-refractivity contribution in [1.29, 1.82) is 0 Å². The summed E-state index contributed by atoms with van der Waals surface area (Å²) in [5, 5.41) is 5.95. The molecule has 2 rings (SSSR count). The zero-order valence-electron chi connectivity index (χ0n) is 9.74. The minimum atomic E-state index is -0.247. The number of halogens is 1. The molecule has 1 amide bonds. The predicted octanol–water partition coefficient (Wildman–Crippen LogP) is 2.30. The molecule has 2 aromatic rings. The molecule has 0 fully saturated rings. The third-order valence-electron chi connectivity index (χ3n) is 2.34. The van der Waals surface area contributed by atoms with E-state index in [1.165, 1.54) is 6.20 Å². The molecule has 0 aliphatic heterocycles. The van der Waals surface area contributed by atoms with Gasteiger partial charge in [-0.25, -0.2) is 4.98 Å². The van der Waals surface area contributed by atoms with E-state index in [0.717, 1.165) is 0 Å². The van der Waals surface area contributed by atoms with Crippen LogP contribution in [0.15, 0.2) is 35.1 Å². The van der Waals surface area contributed by atoms with Gasteiger partial charge in [0.15, 0.2) is 0 Å². The molecular weight excluding hydrogens is 254 g/mol. The summed E-state index contributed by atoms with van der Waals surface area (Å²) in [6.07, 6.45) is 3.02. The van der Waals surface area contributed by atoms with Gasteiger partial charge in [0.05, 0.1) is 23.4 Å². The number of anilines is 1. The number of amides is 1. The average Bonchev–Trinajstić information content (AvgIpc) is 2.89. The molecule has 0 bridgehead atoms. The van der Waals surface area contributed by atoms with Crippen molar-refractivity contribution in [3.8, 4) is 0 Å². The molecule has 0 saturated carbocycles. The normalized spacial score (nSPS) is 10.1. The lowest BCUT2D eigenvalue weighted by molar-refractivity contribution is 0.0947. The summed E-state index contributed by atoms with van der Waals surface area (Å²) in [5.41, 5.74) is 0.408. The van der Waals surface area contributed by atoms with Gasteiger partial charge in [-0.2, -0.15) is 0 Å². The van der Waals surface area contributed by atoms with Crippen molar-refractivity contribution in [3.63, 3.8) is 0 Å². The fourth-order valence-electron chi connectivity index (χ4n) is 1.43. The molecule has 0 aliphatic carbocycles. The van der Waals surface area contributed by atoms with Gasteiger partial charge in [-0.15, -0.1) is 0 Å². The van der Waals surface area contributed by atoms with Crippen LogP contribution in [-0.2, 0) is 6.54 Å². The molecule has 0 saturated heterocycles. The second kappa shape index (κ2) is 5.55. The van der Waals surface area contributed by atoms with Gasteiger partial charge in [0.1, 0.15) is 11.6 Å². The maximum absolute atomic E-state index is 11.8. The van der Waals surface area contributed by atoms with Crippen LogP contribution in [0.1, 0.15) is 16.1 Å². The van der Waals surface area contributed by atoms with Gasteiger partial charge in [-0.1, -0.05) is 11.6 Å². The van der Waals surface area contributed by atoms with Crippen LogP contribution in [0.3, 0.4) is 0 Å². The Balaban J connectivity index is 2.02. The van der Waals surface area contributed by atoms with E-state index >= 15 is 0 Å². The lowest BCUT2D eigenvalue weighted by Gasteiger charge is -2.06. The highest BCUT2D eigenvalue weighted by Crippen LogP contribution is 2.19. The summed E-state index contributed by atoms with van der Waals surface area (Å²) in [6, 6.07) is 5.12. The number of pyridine rings is 1. The van der Waals surface area contributed by atoms with Gasteiger partial charge in [-0.05, 0) is 18.2 Å². The van der Waals surface area contributed by atoms with E-state index in [9.17, 15) is 4.79 Å². The summed E-state index contributed by atoms with van der Waals surface area (Å²) >= 11 is 5.95. The third-order valence-corrected chi connectivity index (χ3v) is 2.63. The van der Waals surface area contributed by atoms with Gasteiger partial charge in [0.2, 0.25) is 0 Å². The number of nitrogens with zero attached hydrogens (tertiary/aromatic N) is 1. The Morgan fingerprint density at radius 2 is 2.39 bits per heavy atom. The van der Waals surface area contributed by atoms with Crippen LogP contribution in [0.2, 0.25) is 5.02 Å². The van der Waals surface area contributed by atoms with Crippen LogP contribution in [0.25, 0.3) is 0 Å². The number of carbonyl (C=O) groups excluding carboxylic acids is 1. The van der Waals surface area contributed by atoms with Gasteiger partial charge >= 0.3 is 0 Å². The number of rotatable bonds is 4. The van der Waals surface area contributed by atoms with Crippen LogP contribution >= 0.6 is 11.6 Å². The maximum Gasteiger partial charge on any atom is 0.253 e. The first kappa shape index (κ1) is 12.4. The highest BCUT2D eigenvalue weighted by Gasteiger charge is 2.09. The monoisotopic (exact) mass is 265 g/mol. The van der Waals surface area contributed by atoms with E-state index in [2.05, 4.69) is 15.6 Å². The van der Waals surface area contributed by atoms with Crippen molar-refractivity contribution in [3.05, 3.63) is 47.0 Å². The number of hydrogen-bond acceptors (Lipinski definition) is 4. The SMILES string of the molecule is CNc1ncc(C(=O)NCc2ccco2)cc1Cl. The highest BCUT2D eigenvalue weighted by molar-refractivity contribution is 6.33. The van der Waals surface area contributed by atoms with E-state index in [-0.39, 0.29) is 5.91 Å². The number of aromatic nitrogens is 1. The first-order valence-corrected chi connectivity index (χ1v) is 5.72.